The Morgan fingerprint density at radius 2 is 2.00 bits per heavy atom. The molecule has 1 aromatic rings. The van der Waals surface area contributed by atoms with Crippen molar-refractivity contribution in [3.05, 3.63) is 35.4 Å². The monoisotopic (exact) mass is 248 g/mol. The van der Waals surface area contributed by atoms with Crippen LogP contribution in [-0.2, 0) is 11.3 Å². The molecular formula is C14H20N2O2. The second kappa shape index (κ2) is 7.83. The fourth-order valence-electron chi connectivity index (χ4n) is 1.44. The Kier molecular flexibility index (Phi) is 6.37. The van der Waals surface area contributed by atoms with Crippen LogP contribution >= 0.6 is 0 Å². The predicted octanol–water partition coefficient (Wildman–Crippen LogP) is 1.43. The summed E-state index contributed by atoms with van der Waals surface area (Å²) in [5.41, 5.74) is 1.75. The fraction of sp³-hybridized carbons (Fsp3) is 0.500. The Morgan fingerprint density at radius 3 is 2.56 bits per heavy atom. The van der Waals surface area contributed by atoms with Gasteiger partial charge in [-0.1, -0.05) is 12.1 Å². The smallest absolute Gasteiger partial charge is 0.0991 e. The normalized spacial score (nSPS) is 12.4. The quantitative estimate of drug-likeness (QED) is 0.766. The molecule has 4 nitrogen and oxygen atoms in total. The highest BCUT2D eigenvalue weighted by atomic mass is 16.5. The van der Waals surface area contributed by atoms with E-state index in [1.807, 2.05) is 26.0 Å². The molecule has 1 rings (SSSR count). The Hall–Kier alpha value is -1.41. The van der Waals surface area contributed by atoms with Crippen molar-refractivity contribution < 1.29 is 9.84 Å². The van der Waals surface area contributed by atoms with Crippen LogP contribution in [0.15, 0.2) is 24.3 Å². The van der Waals surface area contributed by atoms with E-state index in [0.717, 1.165) is 5.56 Å². The first kappa shape index (κ1) is 14.7. The minimum Gasteiger partial charge on any atom is -0.389 e. The Morgan fingerprint density at radius 1 is 1.33 bits per heavy atom. The lowest BCUT2D eigenvalue weighted by Crippen LogP contribution is -2.31. The van der Waals surface area contributed by atoms with Gasteiger partial charge in [-0.05, 0) is 31.5 Å². The molecule has 2 N–H and O–H groups in total. The molecule has 0 radical (unpaired) electrons. The minimum absolute atomic E-state index is 0.137. The van der Waals surface area contributed by atoms with Crippen molar-refractivity contribution in [3.63, 3.8) is 0 Å². The lowest BCUT2D eigenvalue weighted by atomic mass is 10.1. The molecule has 0 fully saturated rings. The molecular weight excluding hydrogens is 228 g/mol. The van der Waals surface area contributed by atoms with E-state index in [9.17, 15) is 5.11 Å². The van der Waals surface area contributed by atoms with E-state index in [-0.39, 0.29) is 6.10 Å². The van der Waals surface area contributed by atoms with Crippen molar-refractivity contribution in [1.82, 2.24) is 5.32 Å². The van der Waals surface area contributed by atoms with E-state index in [0.29, 0.717) is 25.3 Å². The number of nitriles is 1. The molecule has 1 unspecified atom stereocenters. The molecule has 98 valence electrons. The lowest BCUT2D eigenvalue weighted by Gasteiger charge is -2.14. The lowest BCUT2D eigenvalue weighted by molar-refractivity contribution is 0.00630. The van der Waals surface area contributed by atoms with Crippen molar-refractivity contribution in [1.29, 1.82) is 5.26 Å². The summed E-state index contributed by atoms with van der Waals surface area (Å²) in [5.74, 6) is 0. The number of nitrogens with one attached hydrogen (secondary N) is 1. The molecule has 0 saturated carbocycles. The van der Waals surface area contributed by atoms with Gasteiger partial charge in [-0.15, -0.1) is 0 Å². The molecule has 1 aromatic carbocycles. The third-order valence-electron chi connectivity index (χ3n) is 2.41. The summed E-state index contributed by atoms with van der Waals surface area (Å²) in [7, 11) is 0. The Bertz CT molecular complexity index is 382. The highest BCUT2D eigenvalue weighted by Gasteiger charge is 2.05. The van der Waals surface area contributed by atoms with Gasteiger partial charge in [0.05, 0.1) is 30.4 Å². The Balaban J connectivity index is 2.22. The zero-order valence-electron chi connectivity index (χ0n) is 10.9. The first-order valence-corrected chi connectivity index (χ1v) is 6.11. The van der Waals surface area contributed by atoms with Gasteiger partial charge in [0.25, 0.3) is 0 Å². The van der Waals surface area contributed by atoms with Gasteiger partial charge in [0.2, 0.25) is 0 Å². The number of rotatable bonds is 7. The fourth-order valence-corrected chi connectivity index (χ4v) is 1.44. The standard InChI is InChI=1S/C14H20N2O2/c1-11(2)18-10-14(17)9-16-8-13-5-3-12(7-15)4-6-13/h3-6,11,14,16-17H,8-10H2,1-2H3. The summed E-state index contributed by atoms with van der Waals surface area (Å²) in [6.07, 6.45) is -0.357. The van der Waals surface area contributed by atoms with E-state index in [1.54, 1.807) is 12.1 Å². The van der Waals surface area contributed by atoms with Gasteiger partial charge in [-0.25, -0.2) is 0 Å². The van der Waals surface area contributed by atoms with Gasteiger partial charge in [-0.2, -0.15) is 5.26 Å². The van der Waals surface area contributed by atoms with E-state index >= 15 is 0 Å². The molecule has 1 atom stereocenters. The average molecular weight is 248 g/mol. The molecule has 0 heterocycles. The number of aliphatic hydroxyl groups excluding tert-OH is 1. The third kappa shape index (κ3) is 5.78. The van der Waals surface area contributed by atoms with E-state index in [1.165, 1.54) is 0 Å². The molecule has 0 saturated heterocycles. The number of ether oxygens (including phenoxy) is 1. The van der Waals surface area contributed by atoms with Crippen LogP contribution in [0.1, 0.15) is 25.0 Å². The number of nitrogens with zero attached hydrogens (tertiary/aromatic N) is 1. The van der Waals surface area contributed by atoms with Crippen LogP contribution in [0.5, 0.6) is 0 Å². The molecule has 0 aliphatic carbocycles. The van der Waals surface area contributed by atoms with Gasteiger partial charge in [0.1, 0.15) is 0 Å². The van der Waals surface area contributed by atoms with Gasteiger partial charge in [-0.3, -0.25) is 0 Å². The van der Waals surface area contributed by atoms with Crippen LogP contribution in [0, 0.1) is 11.3 Å². The first-order valence-electron chi connectivity index (χ1n) is 6.11. The largest absolute Gasteiger partial charge is 0.389 e. The van der Waals surface area contributed by atoms with Crippen LogP contribution in [0.2, 0.25) is 0 Å². The van der Waals surface area contributed by atoms with Gasteiger partial charge in [0.15, 0.2) is 0 Å². The van der Waals surface area contributed by atoms with Gasteiger partial charge < -0.3 is 15.2 Å². The molecule has 0 bridgehead atoms. The summed E-state index contributed by atoms with van der Waals surface area (Å²) in [6, 6.07) is 9.46. The number of aliphatic hydroxyl groups is 1. The summed E-state index contributed by atoms with van der Waals surface area (Å²) in [5, 5.41) is 21.4. The maximum atomic E-state index is 9.63. The van der Waals surface area contributed by atoms with Crippen LogP contribution in [0.4, 0.5) is 0 Å². The molecule has 18 heavy (non-hydrogen) atoms. The first-order chi connectivity index (χ1) is 8.61. The van der Waals surface area contributed by atoms with E-state index in [2.05, 4.69) is 11.4 Å². The molecule has 0 aliphatic heterocycles. The van der Waals surface area contributed by atoms with Gasteiger partial charge >= 0.3 is 0 Å². The molecule has 0 aromatic heterocycles. The highest BCUT2D eigenvalue weighted by molar-refractivity contribution is 5.31. The minimum atomic E-state index is -0.495. The van der Waals surface area contributed by atoms with E-state index in [4.69, 9.17) is 10.00 Å². The van der Waals surface area contributed by atoms with Crippen molar-refractivity contribution in [2.75, 3.05) is 13.2 Å². The molecule has 0 spiro atoms. The molecule has 0 amide bonds. The predicted molar refractivity (Wildman–Crippen MR) is 70.0 cm³/mol. The summed E-state index contributed by atoms with van der Waals surface area (Å²) >= 11 is 0. The van der Waals surface area contributed by atoms with Crippen molar-refractivity contribution in [2.24, 2.45) is 0 Å². The van der Waals surface area contributed by atoms with Gasteiger partial charge in [0, 0.05) is 13.1 Å². The Labute approximate surface area is 108 Å². The number of hydrogen-bond donors (Lipinski definition) is 2. The zero-order chi connectivity index (χ0) is 13.4. The summed E-state index contributed by atoms with van der Waals surface area (Å²) in [6.45, 7) is 5.39. The van der Waals surface area contributed by atoms with Crippen LogP contribution in [-0.4, -0.2) is 30.5 Å². The van der Waals surface area contributed by atoms with Crippen LogP contribution < -0.4 is 5.32 Å². The number of hydrogen-bond acceptors (Lipinski definition) is 4. The average Bonchev–Trinajstić information content (AvgIpc) is 2.37. The molecule has 0 aliphatic rings. The van der Waals surface area contributed by atoms with Crippen molar-refractivity contribution in [3.8, 4) is 6.07 Å². The third-order valence-corrected chi connectivity index (χ3v) is 2.41. The molecule has 4 heteroatoms. The number of benzene rings is 1. The maximum Gasteiger partial charge on any atom is 0.0991 e. The second-order valence-electron chi connectivity index (χ2n) is 4.48. The van der Waals surface area contributed by atoms with Crippen molar-refractivity contribution >= 4 is 0 Å². The summed E-state index contributed by atoms with van der Waals surface area (Å²) in [4.78, 5) is 0. The second-order valence-corrected chi connectivity index (χ2v) is 4.48. The van der Waals surface area contributed by atoms with Crippen LogP contribution in [0.3, 0.4) is 0 Å². The van der Waals surface area contributed by atoms with Crippen LogP contribution in [0.25, 0.3) is 0 Å². The highest BCUT2D eigenvalue weighted by Crippen LogP contribution is 2.02. The maximum absolute atomic E-state index is 9.63. The summed E-state index contributed by atoms with van der Waals surface area (Å²) < 4.78 is 5.31. The van der Waals surface area contributed by atoms with E-state index < -0.39 is 6.10 Å². The van der Waals surface area contributed by atoms with Crippen molar-refractivity contribution in [2.45, 2.75) is 32.6 Å². The SMILES string of the molecule is CC(C)OCC(O)CNCc1ccc(C#N)cc1. The topological polar surface area (TPSA) is 65.3 Å². The zero-order valence-corrected chi connectivity index (χ0v) is 10.9.